The number of halogens is 2. The second-order valence-electron chi connectivity index (χ2n) is 3.98. The van der Waals surface area contributed by atoms with Crippen LogP contribution in [-0.2, 0) is 5.54 Å². The Hall–Kier alpha value is -0.600. The molecule has 1 aromatic rings. The Balaban J connectivity index is 2.31. The van der Waals surface area contributed by atoms with Gasteiger partial charge in [-0.25, -0.2) is 4.39 Å². The van der Waals surface area contributed by atoms with E-state index in [9.17, 15) is 4.39 Å². The molecule has 0 radical (unpaired) electrons. The van der Waals surface area contributed by atoms with Crippen LogP contribution in [0.1, 0.15) is 25.3 Å². The lowest BCUT2D eigenvalue weighted by Crippen LogP contribution is -2.22. The summed E-state index contributed by atoms with van der Waals surface area (Å²) in [6.07, 6.45) is 2.04. The summed E-state index contributed by atoms with van der Waals surface area (Å²) >= 11 is 5.71. The van der Waals surface area contributed by atoms with Crippen molar-refractivity contribution in [3.05, 3.63) is 34.6 Å². The van der Waals surface area contributed by atoms with E-state index in [1.54, 1.807) is 12.1 Å². The van der Waals surface area contributed by atoms with Gasteiger partial charge >= 0.3 is 0 Å². The zero-order valence-corrected chi connectivity index (χ0v) is 8.81. The summed E-state index contributed by atoms with van der Waals surface area (Å²) in [5.74, 6) is 0.136. The van der Waals surface area contributed by atoms with Crippen molar-refractivity contribution >= 4 is 11.6 Å². The van der Waals surface area contributed by atoms with Gasteiger partial charge in [-0.1, -0.05) is 31.0 Å². The molecule has 1 aliphatic carbocycles. The van der Waals surface area contributed by atoms with Gasteiger partial charge in [-0.2, -0.15) is 0 Å². The lowest BCUT2D eigenvalue weighted by Gasteiger charge is -2.11. The molecule has 1 aliphatic rings. The maximum atomic E-state index is 12.9. The summed E-state index contributed by atoms with van der Waals surface area (Å²) < 4.78 is 12.9. The van der Waals surface area contributed by atoms with Crippen molar-refractivity contribution in [2.75, 3.05) is 0 Å². The summed E-state index contributed by atoms with van der Waals surface area (Å²) in [7, 11) is 0. The molecule has 0 aliphatic heterocycles. The predicted octanol–water partition coefficient (Wildman–Crippen LogP) is 3.06. The summed E-state index contributed by atoms with van der Waals surface area (Å²) in [4.78, 5) is 0. The first-order valence-corrected chi connectivity index (χ1v) is 5.20. The highest BCUT2D eigenvalue weighted by atomic mass is 35.5. The van der Waals surface area contributed by atoms with Gasteiger partial charge in [0.25, 0.3) is 0 Å². The molecule has 0 bridgehead atoms. The highest BCUT2D eigenvalue weighted by molar-refractivity contribution is 6.30. The molecule has 14 heavy (non-hydrogen) atoms. The van der Waals surface area contributed by atoms with E-state index in [1.807, 2.05) is 0 Å². The van der Waals surface area contributed by atoms with Crippen LogP contribution in [0.15, 0.2) is 18.2 Å². The first-order chi connectivity index (χ1) is 6.58. The van der Waals surface area contributed by atoms with Gasteiger partial charge in [-0.05, 0) is 30.0 Å². The molecule has 0 heterocycles. The Labute approximate surface area is 88.1 Å². The molecule has 1 aromatic carbocycles. The zero-order chi connectivity index (χ0) is 10.3. The van der Waals surface area contributed by atoms with Crippen LogP contribution in [0.25, 0.3) is 0 Å². The van der Waals surface area contributed by atoms with E-state index in [0.29, 0.717) is 5.92 Å². The molecule has 2 unspecified atom stereocenters. The van der Waals surface area contributed by atoms with E-state index >= 15 is 0 Å². The van der Waals surface area contributed by atoms with E-state index in [0.717, 1.165) is 18.4 Å². The standard InChI is InChI=1S/C11H13ClFN/c1-2-7-6-11(7,14)8-3-4-10(13)9(12)5-8/h3-5,7H,2,6,14H2,1H3. The van der Waals surface area contributed by atoms with E-state index in [-0.39, 0.29) is 16.4 Å². The Kier molecular flexibility index (Phi) is 2.28. The maximum absolute atomic E-state index is 12.9. The Morgan fingerprint density at radius 3 is 2.86 bits per heavy atom. The number of hydrogen-bond donors (Lipinski definition) is 1. The van der Waals surface area contributed by atoms with Gasteiger partial charge in [0.05, 0.1) is 5.02 Å². The molecule has 0 spiro atoms. The van der Waals surface area contributed by atoms with Crippen LogP contribution in [-0.4, -0.2) is 0 Å². The minimum atomic E-state index is -0.382. The second kappa shape index (κ2) is 3.21. The van der Waals surface area contributed by atoms with Gasteiger partial charge in [0, 0.05) is 5.54 Å². The molecule has 3 heteroatoms. The third-order valence-corrected chi connectivity index (χ3v) is 3.39. The normalized spacial score (nSPS) is 30.4. The lowest BCUT2D eigenvalue weighted by atomic mass is 10.0. The first-order valence-electron chi connectivity index (χ1n) is 4.82. The Morgan fingerprint density at radius 2 is 2.36 bits per heavy atom. The van der Waals surface area contributed by atoms with Gasteiger partial charge in [-0.3, -0.25) is 0 Å². The number of rotatable bonds is 2. The van der Waals surface area contributed by atoms with E-state index in [4.69, 9.17) is 17.3 Å². The fourth-order valence-electron chi connectivity index (χ4n) is 2.00. The van der Waals surface area contributed by atoms with Crippen LogP contribution < -0.4 is 5.73 Å². The fraction of sp³-hybridized carbons (Fsp3) is 0.455. The molecule has 2 N–H and O–H groups in total. The molecule has 76 valence electrons. The van der Waals surface area contributed by atoms with Crippen LogP contribution in [0.4, 0.5) is 4.39 Å². The Bertz CT molecular complexity index is 366. The van der Waals surface area contributed by atoms with Crippen molar-refractivity contribution in [1.29, 1.82) is 0 Å². The van der Waals surface area contributed by atoms with Gasteiger partial charge in [-0.15, -0.1) is 0 Å². The second-order valence-corrected chi connectivity index (χ2v) is 4.39. The molecular weight excluding hydrogens is 201 g/mol. The summed E-state index contributed by atoms with van der Waals surface area (Å²) in [6, 6.07) is 4.76. The smallest absolute Gasteiger partial charge is 0.141 e. The average Bonchev–Trinajstić information content (AvgIpc) is 2.83. The Morgan fingerprint density at radius 1 is 1.64 bits per heavy atom. The highest BCUT2D eigenvalue weighted by Gasteiger charge is 2.50. The van der Waals surface area contributed by atoms with Crippen LogP contribution in [0, 0.1) is 11.7 Å². The summed E-state index contributed by atoms with van der Waals surface area (Å²) in [5.41, 5.74) is 6.86. The molecule has 1 nitrogen and oxygen atoms in total. The quantitative estimate of drug-likeness (QED) is 0.803. The van der Waals surface area contributed by atoms with E-state index in [2.05, 4.69) is 6.92 Å². The van der Waals surface area contributed by atoms with Crippen molar-refractivity contribution in [3.63, 3.8) is 0 Å². The topological polar surface area (TPSA) is 26.0 Å². The van der Waals surface area contributed by atoms with Crippen molar-refractivity contribution in [2.45, 2.75) is 25.3 Å². The largest absolute Gasteiger partial charge is 0.321 e. The van der Waals surface area contributed by atoms with E-state index in [1.165, 1.54) is 6.07 Å². The highest BCUT2D eigenvalue weighted by Crippen LogP contribution is 2.51. The van der Waals surface area contributed by atoms with E-state index < -0.39 is 0 Å². The van der Waals surface area contributed by atoms with Crippen molar-refractivity contribution in [3.8, 4) is 0 Å². The van der Waals surface area contributed by atoms with Gasteiger partial charge < -0.3 is 5.73 Å². The molecular formula is C11H13ClFN. The SMILES string of the molecule is CCC1CC1(N)c1ccc(F)c(Cl)c1. The number of nitrogens with two attached hydrogens (primary N) is 1. The van der Waals surface area contributed by atoms with Crippen LogP contribution in [0.3, 0.4) is 0 Å². The minimum absolute atomic E-state index is 0.161. The number of benzene rings is 1. The predicted molar refractivity (Wildman–Crippen MR) is 55.7 cm³/mol. The first kappa shape index (κ1) is 9.94. The summed E-state index contributed by atoms with van der Waals surface area (Å²) in [5, 5.41) is 0.161. The van der Waals surface area contributed by atoms with Crippen molar-refractivity contribution in [1.82, 2.24) is 0 Å². The molecule has 0 amide bonds. The summed E-state index contributed by atoms with van der Waals surface area (Å²) in [6.45, 7) is 2.12. The third-order valence-electron chi connectivity index (χ3n) is 3.10. The van der Waals surface area contributed by atoms with Gasteiger partial charge in [0.15, 0.2) is 0 Å². The molecule has 2 atom stereocenters. The molecule has 1 fully saturated rings. The molecule has 2 rings (SSSR count). The fourth-order valence-corrected chi connectivity index (χ4v) is 2.18. The lowest BCUT2D eigenvalue weighted by molar-refractivity contribution is 0.604. The van der Waals surface area contributed by atoms with Crippen LogP contribution in [0.2, 0.25) is 5.02 Å². The number of hydrogen-bond acceptors (Lipinski definition) is 1. The minimum Gasteiger partial charge on any atom is -0.321 e. The van der Waals surface area contributed by atoms with Gasteiger partial charge in [0.2, 0.25) is 0 Å². The third kappa shape index (κ3) is 1.43. The van der Waals surface area contributed by atoms with Crippen LogP contribution in [0.5, 0.6) is 0 Å². The van der Waals surface area contributed by atoms with Gasteiger partial charge in [0.1, 0.15) is 5.82 Å². The van der Waals surface area contributed by atoms with Crippen molar-refractivity contribution < 1.29 is 4.39 Å². The van der Waals surface area contributed by atoms with Crippen molar-refractivity contribution in [2.24, 2.45) is 11.7 Å². The molecule has 0 saturated heterocycles. The maximum Gasteiger partial charge on any atom is 0.141 e. The zero-order valence-electron chi connectivity index (χ0n) is 8.06. The monoisotopic (exact) mass is 213 g/mol. The molecule has 0 aromatic heterocycles. The molecule has 1 saturated carbocycles. The average molecular weight is 214 g/mol. The van der Waals surface area contributed by atoms with Crippen LogP contribution >= 0.6 is 11.6 Å².